The molecule has 3 atom stereocenters. The standard InChI is InChI=1S/C20H24O7/c1-3-24-19(21)12-25-13-8-9-14-17(10-13)26-11-18(20(14)22)27-16-7-5-4-6-15(16)23-2/h4-7,11,13-14,17H,3,8-10,12H2,1-2H3. The van der Waals surface area contributed by atoms with E-state index in [-0.39, 0.29) is 42.2 Å². The second-order valence-electron chi connectivity index (χ2n) is 6.43. The molecular weight excluding hydrogens is 352 g/mol. The zero-order chi connectivity index (χ0) is 19.2. The van der Waals surface area contributed by atoms with Gasteiger partial charge in [-0.25, -0.2) is 4.79 Å². The molecule has 1 saturated carbocycles. The van der Waals surface area contributed by atoms with E-state index in [0.717, 1.165) is 0 Å². The Bertz CT molecular complexity index is 712. The van der Waals surface area contributed by atoms with E-state index in [1.165, 1.54) is 6.26 Å². The van der Waals surface area contributed by atoms with Crippen molar-refractivity contribution in [3.05, 3.63) is 36.3 Å². The molecule has 3 unspecified atom stereocenters. The van der Waals surface area contributed by atoms with Gasteiger partial charge in [-0.1, -0.05) is 12.1 Å². The third-order valence-electron chi connectivity index (χ3n) is 4.70. The molecule has 0 radical (unpaired) electrons. The fourth-order valence-corrected chi connectivity index (χ4v) is 3.37. The summed E-state index contributed by atoms with van der Waals surface area (Å²) < 4.78 is 27.2. The first kappa shape index (κ1) is 19.2. The summed E-state index contributed by atoms with van der Waals surface area (Å²) in [5, 5.41) is 0. The largest absolute Gasteiger partial charge is 0.493 e. The molecule has 0 spiro atoms. The summed E-state index contributed by atoms with van der Waals surface area (Å²) in [6, 6.07) is 7.13. The molecule has 0 N–H and O–H groups in total. The first-order valence-electron chi connectivity index (χ1n) is 9.10. The third kappa shape index (κ3) is 4.60. The van der Waals surface area contributed by atoms with Gasteiger partial charge in [0.05, 0.1) is 25.7 Å². The molecule has 0 aromatic heterocycles. The molecule has 7 heteroatoms. The van der Waals surface area contributed by atoms with E-state index in [4.69, 9.17) is 23.7 Å². The fraction of sp³-hybridized carbons (Fsp3) is 0.500. The maximum absolute atomic E-state index is 12.8. The molecule has 27 heavy (non-hydrogen) atoms. The summed E-state index contributed by atoms with van der Waals surface area (Å²) in [7, 11) is 1.55. The van der Waals surface area contributed by atoms with Crippen molar-refractivity contribution in [1.82, 2.24) is 0 Å². The van der Waals surface area contributed by atoms with Crippen LogP contribution in [-0.4, -0.2) is 44.3 Å². The van der Waals surface area contributed by atoms with Crippen LogP contribution in [0, 0.1) is 5.92 Å². The highest BCUT2D eigenvalue weighted by Crippen LogP contribution is 2.36. The van der Waals surface area contributed by atoms with Crippen LogP contribution in [0.1, 0.15) is 26.2 Å². The lowest BCUT2D eigenvalue weighted by atomic mass is 9.80. The van der Waals surface area contributed by atoms with Crippen LogP contribution >= 0.6 is 0 Å². The van der Waals surface area contributed by atoms with Crippen molar-refractivity contribution in [2.75, 3.05) is 20.3 Å². The fourth-order valence-electron chi connectivity index (χ4n) is 3.37. The molecule has 2 aliphatic rings. The number of para-hydroxylation sites is 2. The van der Waals surface area contributed by atoms with Gasteiger partial charge in [-0.15, -0.1) is 0 Å². The quantitative estimate of drug-likeness (QED) is 0.677. The Hall–Kier alpha value is -2.54. The Kier molecular flexibility index (Phi) is 6.34. The number of Topliss-reactive ketones (excluding diaryl/α,β-unsaturated/α-hetero) is 1. The summed E-state index contributed by atoms with van der Waals surface area (Å²) in [5.41, 5.74) is 0. The van der Waals surface area contributed by atoms with E-state index in [1.807, 2.05) is 12.1 Å². The Balaban J connectivity index is 1.59. The van der Waals surface area contributed by atoms with E-state index in [1.54, 1.807) is 26.2 Å². The van der Waals surface area contributed by atoms with Crippen LogP contribution in [0.25, 0.3) is 0 Å². The van der Waals surface area contributed by atoms with Gasteiger partial charge in [0.15, 0.2) is 11.5 Å². The molecule has 3 rings (SSSR count). The van der Waals surface area contributed by atoms with E-state index < -0.39 is 0 Å². The highest BCUT2D eigenvalue weighted by molar-refractivity contribution is 5.96. The van der Waals surface area contributed by atoms with E-state index >= 15 is 0 Å². The predicted octanol–water partition coefficient (Wildman–Crippen LogP) is 2.63. The van der Waals surface area contributed by atoms with Crippen LogP contribution in [-0.2, 0) is 23.8 Å². The number of fused-ring (bicyclic) bond motifs is 1. The number of hydrogen-bond donors (Lipinski definition) is 0. The number of allylic oxidation sites excluding steroid dienone is 1. The van der Waals surface area contributed by atoms with Crippen LogP contribution in [0.15, 0.2) is 36.3 Å². The Morgan fingerprint density at radius 1 is 1.22 bits per heavy atom. The summed E-state index contributed by atoms with van der Waals surface area (Å²) in [4.78, 5) is 24.2. The minimum absolute atomic E-state index is 0.0815. The predicted molar refractivity (Wildman–Crippen MR) is 95.3 cm³/mol. The van der Waals surface area contributed by atoms with Gasteiger partial charge in [-0.05, 0) is 31.9 Å². The molecule has 1 aliphatic heterocycles. The van der Waals surface area contributed by atoms with Crippen molar-refractivity contribution in [3.8, 4) is 11.5 Å². The molecule has 146 valence electrons. The maximum atomic E-state index is 12.8. The number of ketones is 1. The van der Waals surface area contributed by atoms with Gasteiger partial charge in [0.25, 0.3) is 0 Å². The summed E-state index contributed by atoms with van der Waals surface area (Å²) in [5.74, 6) is 0.444. The Labute approximate surface area is 158 Å². The zero-order valence-corrected chi connectivity index (χ0v) is 15.5. The molecule has 7 nitrogen and oxygen atoms in total. The van der Waals surface area contributed by atoms with Crippen LogP contribution in [0.5, 0.6) is 11.5 Å². The number of rotatable bonds is 7. The summed E-state index contributed by atoms with van der Waals surface area (Å²) in [6.07, 6.45) is 2.80. The third-order valence-corrected chi connectivity index (χ3v) is 4.70. The molecule has 1 aromatic rings. The number of hydrogen-bond acceptors (Lipinski definition) is 7. The molecule has 0 saturated heterocycles. The van der Waals surface area contributed by atoms with Gasteiger partial charge in [0, 0.05) is 6.42 Å². The molecule has 0 bridgehead atoms. The van der Waals surface area contributed by atoms with Crippen molar-refractivity contribution >= 4 is 11.8 Å². The minimum Gasteiger partial charge on any atom is -0.493 e. The second kappa shape index (κ2) is 8.90. The van der Waals surface area contributed by atoms with E-state index in [9.17, 15) is 9.59 Å². The minimum atomic E-state index is -0.382. The Morgan fingerprint density at radius 3 is 2.74 bits per heavy atom. The van der Waals surface area contributed by atoms with Crippen LogP contribution < -0.4 is 9.47 Å². The lowest BCUT2D eigenvalue weighted by Gasteiger charge is -2.37. The molecule has 1 fully saturated rings. The van der Waals surface area contributed by atoms with Gasteiger partial charge in [-0.2, -0.15) is 0 Å². The molecule has 1 aliphatic carbocycles. The van der Waals surface area contributed by atoms with E-state index in [0.29, 0.717) is 37.4 Å². The number of benzene rings is 1. The first-order chi connectivity index (χ1) is 13.1. The normalized spacial score (nSPS) is 24.3. The van der Waals surface area contributed by atoms with Gasteiger partial charge >= 0.3 is 5.97 Å². The van der Waals surface area contributed by atoms with Crippen molar-refractivity contribution in [2.45, 2.75) is 38.4 Å². The monoisotopic (exact) mass is 376 g/mol. The number of ether oxygens (including phenoxy) is 5. The zero-order valence-electron chi connectivity index (χ0n) is 15.5. The maximum Gasteiger partial charge on any atom is 0.332 e. The lowest BCUT2D eigenvalue weighted by molar-refractivity contribution is -0.154. The number of carbonyl (C=O) groups excluding carboxylic acids is 2. The van der Waals surface area contributed by atoms with Gasteiger partial charge in [-0.3, -0.25) is 4.79 Å². The highest BCUT2D eigenvalue weighted by atomic mass is 16.6. The van der Waals surface area contributed by atoms with Crippen molar-refractivity contribution in [2.24, 2.45) is 5.92 Å². The lowest BCUT2D eigenvalue weighted by Crippen LogP contribution is -2.42. The highest BCUT2D eigenvalue weighted by Gasteiger charge is 2.41. The summed E-state index contributed by atoms with van der Waals surface area (Å²) in [6.45, 7) is 2.00. The average molecular weight is 376 g/mol. The molecule has 1 heterocycles. The van der Waals surface area contributed by atoms with Crippen LogP contribution in [0.2, 0.25) is 0 Å². The topological polar surface area (TPSA) is 80.3 Å². The second-order valence-corrected chi connectivity index (χ2v) is 6.43. The Morgan fingerprint density at radius 2 is 2.00 bits per heavy atom. The average Bonchev–Trinajstić information content (AvgIpc) is 2.69. The summed E-state index contributed by atoms with van der Waals surface area (Å²) >= 11 is 0. The first-order valence-corrected chi connectivity index (χ1v) is 9.10. The number of carbonyl (C=O) groups is 2. The van der Waals surface area contributed by atoms with Crippen molar-refractivity contribution in [1.29, 1.82) is 0 Å². The smallest absolute Gasteiger partial charge is 0.332 e. The van der Waals surface area contributed by atoms with Crippen LogP contribution in [0.4, 0.5) is 0 Å². The molecule has 1 aromatic carbocycles. The van der Waals surface area contributed by atoms with E-state index in [2.05, 4.69) is 0 Å². The SMILES string of the molecule is CCOC(=O)COC1CCC2C(=O)C(Oc3ccccc3OC)=COC2C1. The number of methoxy groups -OCH3 is 1. The number of esters is 1. The molecular formula is C20H24O7. The van der Waals surface area contributed by atoms with Gasteiger partial charge in [0.2, 0.25) is 11.5 Å². The molecule has 0 amide bonds. The van der Waals surface area contributed by atoms with Crippen molar-refractivity contribution < 1.29 is 33.3 Å². The van der Waals surface area contributed by atoms with Crippen LogP contribution in [0.3, 0.4) is 0 Å². The van der Waals surface area contributed by atoms with Gasteiger partial charge in [0.1, 0.15) is 19.0 Å². The van der Waals surface area contributed by atoms with Gasteiger partial charge < -0.3 is 23.7 Å². The van der Waals surface area contributed by atoms with Crippen molar-refractivity contribution in [3.63, 3.8) is 0 Å².